The molecule has 0 aliphatic rings. The van der Waals surface area contributed by atoms with Gasteiger partial charge in [0.05, 0.1) is 23.9 Å². The van der Waals surface area contributed by atoms with Gasteiger partial charge in [-0.3, -0.25) is 4.79 Å². The second kappa shape index (κ2) is 8.86. The summed E-state index contributed by atoms with van der Waals surface area (Å²) in [7, 11) is 1.29. The Morgan fingerprint density at radius 3 is 2.71 bits per heavy atom. The lowest BCUT2D eigenvalue weighted by molar-refractivity contribution is 0.0600. The Labute approximate surface area is 174 Å². The maximum atomic E-state index is 12.0. The van der Waals surface area contributed by atoms with E-state index < -0.39 is 5.97 Å². The minimum Gasteiger partial charge on any atom is -0.465 e. The zero-order valence-electron chi connectivity index (χ0n) is 14.6. The van der Waals surface area contributed by atoms with Crippen LogP contribution in [0.15, 0.2) is 68.6 Å². The highest BCUT2D eigenvalue weighted by Gasteiger charge is 2.13. The van der Waals surface area contributed by atoms with E-state index in [9.17, 15) is 9.59 Å². The van der Waals surface area contributed by atoms with Gasteiger partial charge in [0.1, 0.15) is 11.5 Å². The van der Waals surface area contributed by atoms with E-state index in [1.54, 1.807) is 48.5 Å². The van der Waals surface area contributed by atoms with Crippen molar-refractivity contribution in [2.45, 2.75) is 0 Å². The number of nitrogens with one attached hydrogen (secondary N) is 1. The largest absolute Gasteiger partial charge is 0.465 e. The molecule has 142 valence electrons. The summed E-state index contributed by atoms with van der Waals surface area (Å²) in [5.74, 6) is 0.135. The molecule has 0 aliphatic carbocycles. The smallest absolute Gasteiger partial charge is 0.339 e. The molecule has 0 saturated carbocycles. The summed E-state index contributed by atoms with van der Waals surface area (Å²) < 4.78 is 11.1. The van der Waals surface area contributed by atoms with Crippen molar-refractivity contribution in [3.05, 3.63) is 81.0 Å². The van der Waals surface area contributed by atoms with Crippen molar-refractivity contribution in [1.29, 1.82) is 0 Å². The summed E-state index contributed by atoms with van der Waals surface area (Å²) in [6.45, 7) is 0. The van der Waals surface area contributed by atoms with Gasteiger partial charge in [0.15, 0.2) is 0 Å². The molecule has 1 heterocycles. The van der Waals surface area contributed by atoms with Gasteiger partial charge in [-0.2, -0.15) is 5.10 Å². The molecule has 0 saturated heterocycles. The number of hydrazone groups is 1. The van der Waals surface area contributed by atoms with Gasteiger partial charge in [-0.15, -0.1) is 0 Å². The number of methoxy groups -OCH3 is 1. The van der Waals surface area contributed by atoms with Crippen LogP contribution in [-0.2, 0) is 4.74 Å². The van der Waals surface area contributed by atoms with Crippen molar-refractivity contribution in [2.24, 2.45) is 5.10 Å². The molecular formula is C20H14BrClN2O4. The van der Waals surface area contributed by atoms with E-state index in [1.165, 1.54) is 13.3 Å². The quantitative estimate of drug-likeness (QED) is 0.332. The van der Waals surface area contributed by atoms with E-state index in [1.807, 2.05) is 6.07 Å². The number of esters is 1. The fourth-order valence-corrected chi connectivity index (χ4v) is 3.03. The first-order valence-electron chi connectivity index (χ1n) is 8.05. The second-order valence-electron chi connectivity index (χ2n) is 5.60. The molecule has 0 fully saturated rings. The molecule has 3 rings (SSSR count). The normalized spacial score (nSPS) is 10.8. The highest BCUT2D eigenvalue weighted by Crippen LogP contribution is 2.27. The molecule has 0 bridgehead atoms. The number of carbonyl (C=O) groups excluding carboxylic acids is 2. The van der Waals surface area contributed by atoms with E-state index >= 15 is 0 Å². The van der Waals surface area contributed by atoms with Crippen molar-refractivity contribution < 1.29 is 18.7 Å². The van der Waals surface area contributed by atoms with Crippen LogP contribution in [0.4, 0.5) is 0 Å². The van der Waals surface area contributed by atoms with E-state index in [-0.39, 0.29) is 16.5 Å². The van der Waals surface area contributed by atoms with Gasteiger partial charge in [0, 0.05) is 15.6 Å². The van der Waals surface area contributed by atoms with Gasteiger partial charge in [-0.25, -0.2) is 10.2 Å². The summed E-state index contributed by atoms with van der Waals surface area (Å²) in [5, 5.41) is 4.16. The summed E-state index contributed by atoms with van der Waals surface area (Å²) in [5.41, 5.74) is 3.88. The van der Waals surface area contributed by atoms with E-state index in [0.29, 0.717) is 22.6 Å². The van der Waals surface area contributed by atoms with Crippen LogP contribution in [0, 0.1) is 0 Å². The number of hydrogen-bond donors (Lipinski definition) is 1. The molecule has 8 heteroatoms. The SMILES string of the molecule is COC(=O)c1ccc(-c2ccc(/C=N/NC(=O)c3cccc(Br)c3)o2)cc1Cl. The number of hydrogen-bond acceptors (Lipinski definition) is 5. The van der Waals surface area contributed by atoms with E-state index in [4.69, 9.17) is 16.0 Å². The van der Waals surface area contributed by atoms with Crippen LogP contribution in [0.25, 0.3) is 11.3 Å². The molecule has 6 nitrogen and oxygen atoms in total. The van der Waals surface area contributed by atoms with Crippen molar-refractivity contribution >= 4 is 45.6 Å². The Kier molecular flexibility index (Phi) is 6.28. The van der Waals surface area contributed by atoms with Crippen LogP contribution in [0.1, 0.15) is 26.5 Å². The first kappa shape index (κ1) is 19.9. The molecule has 28 heavy (non-hydrogen) atoms. The number of benzene rings is 2. The number of nitrogens with zero attached hydrogens (tertiary/aromatic N) is 1. The molecule has 0 atom stereocenters. The van der Waals surface area contributed by atoms with Crippen LogP contribution in [-0.4, -0.2) is 25.2 Å². The molecule has 0 unspecified atom stereocenters. The molecule has 2 aromatic carbocycles. The highest BCUT2D eigenvalue weighted by atomic mass is 79.9. The molecule has 0 aliphatic heterocycles. The van der Waals surface area contributed by atoms with Gasteiger partial charge >= 0.3 is 5.97 Å². The van der Waals surface area contributed by atoms with Gasteiger partial charge in [0.2, 0.25) is 0 Å². The minimum absolute atomic E-state index is 0.261. The molecule has 1 amide bonds. The molecular weight excluding hydrogens is 448 g/mol. The van der Waals surface area contributed by atoms with Crippen molar-refractivity contribution in [3.63, 3.8) is 0 Å². The van der Waals surface area contributed by atoms with Gasteiger partial charge in [-0.1, -0.05) is 39.7 Å². The van der Waals surface area contributed by atoms with Crippen LogP contribution < -0.4 is 5.43 Å². The Hall–Kier alpha value is -2.90. The maximum absolute atomic E-state index is 12.0. The van der Waals surface area contributed by atoms with Crippen LogP contribution >= 0.6 is 27.5 Å². The van der Waals surface area contributed by atoms with E-state index in [2.05, 4.69) is 31.2 Å². The zero-order chi connectivity index (χ0) is 20.1. The Bertz CT molecular complexity index is 1060. The molecule has 0 spiro atoms. The zero-order valence-corrected chi connectivity index (χ0v) is 17.0. The summed E-state index contributed by atoms with van der Waals surface area (Å²) in [4.78, 5) is 23.6. The van der Waals surface area contributed by atoms with Crippen molar-refractivity contribution in [2.75, 3.05) is 7.11 Å². The standard InChI is InChI=1S/C20H14BrClN2O4/c1-27-20(26)16-7-5-12(10-17(16)22)18-8-6-15(28-18)11-23-24-19(25)13-3-2-4-14(21)9-13/h2-11H,1H3,(H,24,25)/b23-11+. The third-order valence-corrected chi connectivity index (χ3v) is 4.54. The molecule has 1 aromatic heterocycles. The lowest BCUT2D eigenvalue weighted by Crippen LogP contribution is -2.17. The average Bonchev–Trinajstić information content (AvgIpc) is 3.16. The summed E-state index contributed by atoms with van der Waals surface area (Å²) >= 11 is 9.44. The monoisotopic (exact) mass is 460 g/mol. The van der Waals surface area contributed by atoms with Crippen molar-refractivity contribution in [1.82, 2.24) is 5.43 Å². The highest BCUT2D eigenvalue weighted by molar-refractivity contribution is 9.10. The van der Waals surface area contributed by atoms with Crippen molar-refractivity contribution in [3.8, 4) is 11.3 Å². The number of amides is 1. The molecule has 3 aromatic rings. The van der Waals surface area contributed by atoms with Crippen LogP contribution in [0.5, 0.6) is 0 Å². The third kappa shape index (κ3) is 4.68. The Morgan fingerprint density at radius 1 is 1.18 bits per heavy atom. The van der Waals surface area contributed by atoms with Crippen LogP contribution in [0.2, 0.25) is 5.02 Å². The molecule has 1 N–H and O–H groups in total. The van der Waals surface area contributed by atoms with Crippen LogP contribution in [0.3, 0.4) is 0 Å². The fourth-order valence-electron chi connectivity index (χ4n) is 2.37. The number of furan rings is 1. The van der Waals surface area contributed by atoms with Gasteiger partial charge in [-0.05, 0) is 42.5 Å². The first-order valence-corrected chi connectivity index (χ1v) is 9.22. The predicted octanol–water partition coefficient (Wildman–Crippen LogP) is 4.91. The number of halogens is 2. The fraction of sp³-hybridized carbons (Fsp3) is 0.0500. The summed E-state index contributed by atoms with van der Waals surface area (Å²) in [6, 6.07) is 15.3. The van der Waals surface area contributed by atoms with E-state index in [0.717, 1.165) is 4.47 Å². The number of rotatable bonds is 5. The van der Waals surface area contributed by atoms with Gasteiger partial charge in [0.25, 0.3) is 5.91 Å². The lowest BCUT2D eigenvalue weighted by Gasteiger charge is -2.04. The summed E-state index contributed by atoms with van der Waals surface area (Å²) in [6.07, 6.45) is 1.39. The minimum atomic E-state index is -0.509. The molecule has 0 radical (unpaired) electrons. The predicted molar refractivity (Wildman–Crippen MR) is 110 cm³/mol. The third-order valence-electron chi connectivity index (χ3n) is 3.73. The van der Waals surface area contributed by atoms with Gasteiger partial charge < -0.3 is 9.15 Å². The maximum Gasteiger partial charge on any atom is 0.339 e. The first-order chi connectivity index (χ1) is 13.5. The number of carbonyl (C=O) groups is 2. The average molecular weight is 462 g/mol. The Morgan fingerprint density at radius 2 is 2.00 bits per heavy atom. The topological polar surface area (TPSA) is 80.9 Å². The Balaban J connectivity index is 1.69. The second-order valence-corrected chi connectivity index (χ2v) is 6.92. The lowest BCUT2D eigenvalue weighted by atomic mass is 10.1. The number of ether oxygens (including phenoxy) is 1.